The number of nitrogens with zero attached hydrogens (tertiary/aromatic N) is 3. The van der Waals surface area contributed by atoms with E-state index in [0.717, 1.165) is 30.4 Å². The van der Waals surface area contributed by atoms with Crippen molar-refractivity contribution >= 4 is 5.78 Å². The van der Waals surface area contributed by atoms with Crippen molar-refractivity contribution in [3.05, 3.63) is 28.8 Å². The Morgan fingerprint density at radius 3 is 2.90 bits per heavy atom. The Balaban J connectivity index is 2.18. The summed E-state index contributed by atoms with van der Waals surface area (Å²) < 4.78 is 1.64. The van der Waals surface area contributed by atoms with Crippen LogP contribution in [0, 0.1) is 23.2 Å². The van der Waals surface area contributed by atoms with Gasteiger partial charge in [0.2, 0.25) is 0 Å². The number of aliphatic hydroxyl groups excluding tert-OH is 1. The number of aromatic nitrogens is 2. The number of hydrogen-bond donors (Lipinski definition) is 1. The minimum atomic E-state index is -0.289. The van der Waals surface area contributed by atoms with Crippen LogP contribution in [0.1, 0.15) is 43.6 Å². The monoisotopic (exact) mass is 285 g/mol. The number of rotatable bonds is 0. The first kappa shape index (κ1) is 13.9. The average Bonchev–Trinajstić information content (AvgIpc) is 2.80. The van der Waals surface area contributed by atoms with Gasteiger partial charge in [-0.1, -0.05) is 13.8 Å². The van der Waals surface area contributed by atoms with Crippen molar-refractivity contribution in [2.45, 2.75) is 38.5 Å². The van der Waals surface area contributed by atoms with Gasteiger partial charge in [0.15, 0.2) is 5.78 Å². The molecule has 2 aliphatic carbocycles. The zero-order valence-electron chi connectivity index (χ0n) is 12.6. The summed E-state index contributed by atoms with van der Waals surface area (Å²) in [6.45, 7) is 4.04. The molecule has 2 aliphatic rings. The van der Waals surface area contributed by atoms with E-state index >= 15 is 0 Å². The highest BCUT2D eigenvalue weighted by Gasteiger charge is 2.52. The molecule has 1 aromatic rings. The van der Waals surface area contributed by atoms with Gasteiger partial charge in [-0.15, -0.1) is 0 Å². The van der Waals surface area contributed by atoms with Crippen LogP contribution in [0.4, 0.5) is 0 Å². The van der Waals surface area contributed by atoms with Crippen LogP contribution in [-0.2, 0) is 23.7 Å². The Labute approximate surface area is 123 Å². The number of aryl methyl sites for hydroxylation is 1. The van der Waals surface area contributed by atoms with Crippen molar-refractivity contribution in [3.8, 4) is 6.07 Å². The molecule has 0 aliphatic heterocycles. The van der Waals surface area contributed by atoms with E-state index in [1.54, 1.807) is 11.7 Å². The van der Waals surface area contributed by atoms with Crippen molar-refractivity contribution in [2.75, 3.05) is 0 Å². The maximum atomic E-state index is 12.3. The Morgan fingerprint density at radius 1 is 1.57 bits per heavy atom. The van der Waals surface area contributed by atoms with Crippen LogP contribution in [0.5, 0.6) is 0 Å². The number of nitriles is 1. The van der Waals surface area contributed by atoms with E-state index in [2.05, 4.69) is 18.1 Å². The second-order valence-electron chi connectivity index (χ2n) is 6.46. The van der Waals surface area contributed by atoms with E-state index in [-0.39, 0.29) is 23.0 Å². The fourth-order valence-electron chi connectivity index (χ4n) is 4.28. The highest BCUT2D eigenvalue weighted by molar-refractivity contribution is 5.98. The lowest BCUT2D eigenvalue weighted by Crippen LogP contribution is -2.47. The maximum Gasteiger partial charge on any atom is 0.165 e. The second kappa shape index (κ2) is 4.45. The Hall–Kier alpha value is -2.09. The summed E-state index contributed by atoms with van der Waals surface area (Å²) in [6, 6.07) is 2.23. The lowest BCUT2D eigenvalue weighted by Gasteiger charge is -2.47. The summed E-state index contributed by atoms with van der Waals surface area (Å²) in [6.07, 6.45) is 3.12. The number of allylic oxidation sites excluding steroid dienone is 1. The van der Waals surface area contributed by atoms with E-state index in [4.69, 9.17) is 0 Å². The molecule has 0 amide bonds. The van der Waals surface area contributed by atoms with Gasteiger partial charge in [-0.3, -0.25) is 9.48 Å². The number of Topliss-reactive ketones (excluding diaryl/α,β-unsaturated/α-hetero) is 1. The first-order valence-electron chi connectivity index (χ1n) is 7.28. The zero-order valence-corrected chi connectivity index (χ0v) is 12.6. The fraction of sp³-hybridized carbons (Fsp3) is 0.562. The summed E-state index contributed by atoms with van der Waals surface area (Å²) >= 11 is 0. The molecule has 0 saturated heterocycles. The number of aliphatic hydroxyl groups is 1. The van der Waals surface area contributed by atoms with Gasteiger partial charge < -0.3 is 5.11 Å². The molecule has 1 fully saturated rings. The molecular weight excluding hydrogens is 266 g/mol. The molecule has 5 nitrogen and oxygen atoms in total. The van der Waals surface area contributed by atoms with Gasteiger partial charge in [-0.25, -0.2) is 0 Å². The molecule has 1 aromatic heterocycles. The molecule has 0 aromatic carbocycles. The smallest absolute Gasteiger partial charge is 0.165 e. The van der Waals surface area contributed by atoms with Gasteiger partial charge >= 0.3 is 0 Å². The molecule has 21 heavy (non-hydrogen) atoms. The van der Waals surface area contributed by atoms with Gasteiger partial charge in [-0.2, -0.15) is 10.4 Å². The van der Waals surface area contributed by atoms with Crippen LogP contribution < -0.4 is 0 Å². The largest absolute Gasteiger partial charge is 0.515 e. The third-order valence-electron chi connectivity index (χ3n) is 5.36. The molecule has 1 saturated carbocycles. The van der Waals surface area contributed by atoms with Gasteiger partial charge in [-0.05, 0) is 25.2 Å². The van der Waals surface area contributed by atoms with Crippen molar-refractivity contribution in [1.82, 2.24) is 9.78 Å². The predicted molar refractivity (Wildman–Crippen MR) is 76.6 cm³/mol. The Bertz CT molecular complexity index is 695. The highest BCUT2D eigenvalue weighted by atomic mass is 16.2. The van der Waals surface area contributed by atoms with Gasteiger partial charge in [0.25, 0.3) is 0 Å². The topological polar surface area (TPSA) is 78.9 Å². The van der Waals surface area contributed by atoms with Crippen LogP contribution in [0.2, 0.25) is 0 Å². The summed E-state index contributed by atoms with van der Waals surface area (Å²) in [4.78, 5) is 12.3. The van der Waals surface area contributed by atoms with E-state index < -0.39 is 0 Å². The van der Waals surface area contributed by atoms with E-state index in [0.29, 0.717) is 17.7 Å². The van der Waals surface area contributed by atoms with Crippen LogP contribution >= 0.6 is 0 Å². The second-order valence-corrected chi connectivity index (χ2v) is 6.46. The summed E-state index contributed by atoms with van der Waals surface area (Å²) in [5.74, 6) is 0.130. The van der Waals surface area contributed by atoms with Crippen LogP contribution in [0.3, 0.4) is 0 Å². The Morgan fingerprint density at radius 2 is 2.29 bits per heavy atom. The maximum absolute atomic E-state index is 12.3. The molecule has 1 N–H and O–H groups in total. The zero-order chi connectivity index (χ0) is 15.4. The predicted octanol–water partition coefficient (Wildman–Crippen LogP) is 2.16. The molecule has 3 rings (SSSR count). The molecule has 3 atom stereocenters. The molecule has 5 heteroatoms. The number of hydrogen-bond acceptors (Lipinski definition) is 4. The van der Waals surface area contributed by atoms with Gasteiger partial charge in [0, 0.05) is 29.5 Å². The highest BCUT2D eigenvalue weighted by Crippen LogP contribution is 2.52. The van der Waals surface area contributed by atoms with Crippen molar-refractivity contribution in [2.24, 2.45) is 18.9 Å². The van der Waals surface area contributed by atoms with Gasteiger partial charge in [0.1, 0.15) is 11.8 Å². The molecular formula is C16H19N3O2. The number of carbonyl (C=O) groups excluding carboxylic acids is 1. The van der Waals surface area contributed by atoms with E-state index in [1.165, 1.54) is 0 Å². The Kier molecular flexibility index (Phi) is 2.94. The third-order valence-corrected chi connectivity index (χ3v) is 5.36. The van der Waals surface area contributed by atoms with Crippen molar-refractivity contribution in [1.29, 1.82) is 5.26 Å². The molecule has 0 spiro atoms. The summed E-state index contributed by atoms with van der Waals surface area (Å²) in [5.41, 5.74) is 2.73. The molecule has 110 valence electrons. The standard InChI is InChI=1S/C16H19N3O2/c1-9-12-5-4-11-13(7-17)19(3)18-15(11)16(12,2)6-10(8-20)14(9)21/h8-9,12,20H,4-6H2,1-3H3/b10-8-/t9-,12-,16?/m0/s1. The average molecular weight is 285 g/mol. The third kappa shape index (κ3) is 1.68. The minimum Gasteiger partial charge on any atom is -0.515 e. The van der Waals surface area contributed by atoms with Crippen molar-refractivity contribution in [3.63, 3.8) is 0 Å². The van der Waals surface area contributed by atoms with E-state index in [9.17, 15) is 15.2 Å². The quantitative estimate of drug-likeness (QED) is 0.585. The van der Waals surface area contributed by atoms with Crippen LogP contribution in [0.25, 0.3) is 0 Å². The molecule has 1 heterocycles. The first-order valence-corrected chi connectivity index (χ1v) is 7.28. The normalized spacial score (nSPS) is 33.4. The molecule has 0 bridgehead atoms. The first-order chi connectivity index (χ1) is 9.93. The van der Waals surface area contributed by atoms with E-state index in [1.807, 2.05) is 6.92 Å². The van der Waals surface area contributed by atoms with Crippen LogP contribution in [-0.4, -0.2) is 20.7 Å². The number of ketones is 1. The number of carbonyl (C=O) groups is 1. The molecule has 0 radical (unpaired) electrons. The van der Waals surface area contributed by atoms with Crippen LogP contribution in [0.15, 0.2) is 11.8 Å². The lowest BCUT2D eigenvalue weighted by atomic mass is 9.55. The fourth-order valence-corrected chi connectivity index (χ4v) is 4.28. The lowest BCUT2D eigenvalue weighted by molar-refractivity contribution is -0.124. The summed E-state index contributed by atoms with van der Waals surface area (Å²) in [5, 5.41) is 23.3. The SMILES string of the molecule is C[C@@H]1C(=O)/C(=C\O)CC2(C)c3nn(C)c(C#N)c3CC[C@@H]12. The minimum absolute atomic E-state index is 0.0415. The number of fused-ring (bicyclic) bond motifs is 3. The molecule has 1 unspecified atom stereocenters. The van der Waals surface area contributed by atoms with Crippen molar-refractivity contribution < 1.29 is 9.90 Å². The summed E-state index contributed by atoms with van der Waals surface area (Å²) in [7, 11) is 1.79. The van der Waals surface area contributed by atoms with Gasteiger partial charge in [0.05, 0.1) is 12.0 Å².